The maximum absolute atomic E-state index is 4.70. The zero-order valence-electron chi connectivity index (χ0n) is 12.3. The maximum Gasteiger partial charge on any atom is 0.198 e. The lowest BCUT2D eigenvalue weighted by Crippen LogP contribution is -2.11. The Hall–Kier alpha value is -1.18. The number of rotatable bonds is 5. The van der Waals surface area contributed by atoms with Crippen LogP contribution in [0.4, 0.5) is 5.82 Å². The van der Waals surface area contributed by atoms with Crippen molar-refractivity contribution in [2.45, 2.75) is 33.1 Å². The number of aryl methyl sites for hydroxylation is 1. The van der Waals surface area contributed by atoms with Gasteiger partial charge in [-0.25, -0.2) is 15.0 Å². The highest BCUT2D eigenvalue weighted by atomic mass is 127. The molecule has 2 aromatic rings. The third-order valence-corrected chi connectivity index (χ3v) is 4.05. The molecular weight excluding hydrogens is 365 g/mol. The molecule has 2 aromatic heterocycles. The van der Waals surface area contributed by atoms with Crippen LogP contribution in [0, 0.1) is 3.57 Å². The van der Waals surface area contributed by atoms with E-state index in [1.807, 2.05) is 17.8 Å². The minimum absolute atomic E-state index is 0.353. The molecule has 2 rings (SSSR count). The van der Waals surface area contributed by atoms with E-state index < -0.39 is 0 Å². The van der Waals surface area contributed by atoms with Crippen LogP contribution < -0.4 is 5.32 Å². The Kier molecular flexibility index (Phi) is 4.95. The van der Waals surface area contributed by atoms with Crippen LogP contribution in [0.1, 0.15) is 38.8 Å². The average Bonchev–Trinajstić information content (AvgIpc) is 2.83. The third kappa shape index (κ3) is 3.11. The van der Waals surface area contributed by atoms with Gasteiger partial charge < -0.3 is 9.88 Å². The second-order valence-corrected chi connectivity index (χ2v) is 6.12. The van der Waals surface area contributed by atoms with Gasteiger partial charge in [0.25, 0.3) is 0 Å². The fourth-order valence-electron chi connectivity index (χ4n) is 1.89. The van der Waals surface area contributed by atoms with Crippen molar-refractivity contribution in [3.63, 3.8) is 0 Å². The predicted octanol–water partition coefficient (Wildman–Crippen LogP) is 3.43. The van der Waals surface area contributed by atoms with Crippen molar-refractivity contribution in [1.29, 1.82) is 0 Å². The maximum atomic E-state index is 4.70. The van der Waals surface area contributed by atoms with E-state index in [2.05, 4.69) is 58.6 Å². The SMILES string of the molecule is CCCNc1nc(-c2nccn2C)nc(C(C)C)c1I. The van der Waals surface area contributed by atoms with Crippen LogP contribution in [0.3, 0.4) is 0 Å². The molecule has 6 heteroatoms. The smallest absolute Gasteiger partial charge is 0.198 e. The van der Waals surface area contributed by atoms with Gasteiger partial charge in [0, 0.05) is 26.0 Å². The first-order valence-corrected chi connectivity index (χ1v) is 7.91. The normalized spacial score (nSPS) is 11.1. The van der Waals surface area contributed by atoms with Gasteiger partial charge in [-0.15, -0.1) is 0 Å². The van der Waals surface area contributed by atoms with Gasteiger partial charge in [-0.3, -0.25) is 0 Å². The number of aromatic nitrogens is 4. The molecule has 0 atom stereocenters. The van der Waals surface area contributed by atoms with E-state index in [1.165, 1.54) is 0 Å². The van der Waals surface area contributed by atoms with Crippen molar-refractivity contribution >= 4 is 28.4 Å². The first-order chi connectivity index (χ1) is 9.54. The highest BCUT2D eigenvalue weighted by Crippen LogP contribution is 2.27. The van der Waals surface area contributed by atoms with Gasteiger partial charge in [-0.1, -0.05) is 20.8 Å². The summed E-state index contributed by atoms with van der Waals surface area (Å²) in [6, 6.07) is 0. The van der Waals surface area contributed by atoms with Crippen LogP contribution in [-0.4, -0.2) is 26.1 Å². The van der Waals surface area contributed by atoms with E-state index in [0.717, 1.165) is 33.9 Å². The Bertz CT molecular complexity index is 591. The Morgan fingerprint density at radius 2 is 2.10 bits per heavy atom. The second kappa shape index (κ2) is 6.51. The monoisotopic (exact) mass is 385 g/mol. The van der Waals surface area contributed by atoms with Crippen LogP contribution in [-0.2, 0) is 7.05 Å². The largest absolute Gasteiger partial charge is 0.369 e. The molecule has 0 saturated carbocycles. The van der Waals surface area contributed by atoms with Crippen LogP contribution in [0.25, 0.3) is 11.6 Å². The van der Waals surface area contributed by atoms with Crippen LogP contribution in [0.2, 0.25) is 0 Å². The number of halogens is 1. The summed E-state index contributed by atoms with van der Waals surface area (Å²) in [6.45, 7) is 7.35. The van der Waals surface area contributed by atoms with E-state index in [0.29, 0.717) is 11.7 Å². The molecular formula is C14H20IN5. The third-order valence-electron chi connectivity index (χ3n) is 2.99. The summed E-state index contributed by atoms with van der Waals surface area (Å²) in [5, 5.41) is 3.38. The van der Waals surface area contributed by atoms with Crippen LogP contribution in [0.15, 0.2) is 12.4 Å². The molecule has 1 N–H and O–H groups in total. The van der Waals surface area contributed by atoms with E-state index in [4.69, 9.17) is 4.98 Å². The van der Waals surface area contributed by atoms with Gasteiger partial charge in [0.05, 0.1) is 9.26 Å². The van der Waals surface area contributed by atoms with Crippen molar-refractivity contribution in [2.24, 2.45) is 7.05 Å². The van der Waals surface area contributed by atoms with Crippen molar-refractivity contribution in [3.8, 4) is 11.6 Å². The van der Waals surface area contributed by atoms with Crippen LogP contribution >= 0.6 is 22.6 Å². The molecule has 5 nitrogen and oxygen atoms in total. The molecule has 0 saturated heterocycles. The predicted molar refractivity (Wildman–Crippen MR) is 89.8 cm³/mol. The zero-order valence-corrected chi connectivity index (χ0v) is 14.5. The molecule has 20 heavy (non-hydrogen) atoms. The number of nitrogens with one attached hydrogen (secondary N) is 1. The fraction of sp³-hybridized carbons (Fsp3) is 0.500. The molecule has 0 bridgehead atoms. The molecule has 0 aliphatic heterocycles. The molecule has 0 aromatic carbocycles. The quantitative estimate of drug-likeness (QED) is 0.802. The molecule has 0 amide bonds. The van der Waals surface area contributed by atoms with E-state index in [-0.39, 0.29) is 0 Å². The summed E-state index contributed by atoms with van der Waals surface area (Å²) in [7, 11) is 1.96. The van der Waals surface area contributed by atoms with Crippen molar-refractivity contribution < 1.29 is 0 Å². The van der Waals surface area contributed by atoms with Crippen LogP contribution in [0.5, 0.6) is 0 Å². The first kappa shape index (κ1) is 15.2. The number of imidazole rings is 1. The van der Waals surface area contributed by atoms with Gasteiger partial charge in [-0.05, 0) is 34.9 Å². The molecule has 0 spiro atoms. The Labute approximate surface area is 133 Å². The van der Waals surface area contributed by atoms with Gasteiger partial charge in [-0.2, -0.15) is 0 Å². The van der Waals surface area contributed by atoms with E-state index in [9.17, 15) is 0 Å². The average molecular weight is 385 g/mol. The molecule has 0 radical (unpaired) electrons. The lowest BCUT2D eigenvalue weighted by atomic mass is 10.1. The summed E-state index contributed by atoms with van der Waals surface area (Å²) in [5.41, 5.74) is 1.07. The summed E-state index contributed by atoms with van der Waals surface area (Å²) >= 11 is 2.32. The molecule has 0 fully saturated rings. The summed E-state index contributed by atoms with van der Waals surface area (Å²) in [6.07, 6.45) is 4.74. The topological polar surface area (TPSA) is 55.6 Å². The molecule has 2 heterocycles. The molecule has 0 aliphatic rings. The molecule has 0 aliphatic carbocycles. The Balaban J connectivity index is 2.53. The van der Waals surface area contributed by atoms with E-state index >= 15 is 0 Å². The summed E-state index contributed by atoms with van der Waals surface area (Å²) < 4.78 is 3.04. The fourth-order valence-corrected chi connectivity index (χ4v) is 2.94. The highest BCUT2D eigenvalue weighted by molar-refractivity contribution is 14.1. The standard InChI is InChI=1S/C14H20IN5/c1-5-6-16-12-10(15)11(9(2)3)18-13(19-12)14-17-7-8-20(14)4/h7-9H,5-6H2,1-4H3,(H,16,18,19). The van der Waals surface area contributed by atoms with Gasteiger partial charge in [0.1, 0.15) is 5.82 Å². The van der Waals surface area contributed by atoms with Crippen molar-refractivity contribution in [2.75, 3.05) is 11.9 Å². The lowest BCUT2D eigenvalue weighted by molar-refractivity contribution is 0.800. The minimum Gasteiger partial charge on any atom is -0.369 e. The number of hydrogen-bond acceptors (Lipinski definition) is 4. The number of hydrogen-bond donors (Lipinski definition) is 1. The first-order valence-electron chi connectivity index (χ1n) is 6.83. The zero-order chi connectivity index (χ0) is 14.7. The summed E-state index contributed by atoms with van der Waals surface area (Å²) in [5.74, 6) is 2.73. The van der Waals surface area contributed by atoms with Gasteiger partial charge in [0.2, 0.25) is 0 Å². The minimum atomic E-state index is 0.353. The summed E-state index contributed by atoms with van der Waals surface area (Å²) in [4.78, 5) is 13.7. The molecule has 108 valence electrons. The van der Waals surface area contributed by atoms with Gasteiger partial charge in [0.15, 0.2) is 11.6 Å². The van der Waals surface area contributed by atoms with E-state index in [1.54, 1.807) is 6.20 Å². The van der Waals surface area contributed by atoms with Gasteiger partial charge >= 0.3 is 0 Å². The Morgan fingerprint density at radius 1 is 1.35 bits per heavy atom. The number of nitrogens with zero attached hydrogens (tertiary/aromatic N) is 4. The Morgan fingerprint density at radius 3 is 2.65 bits per heavy atom. The molecule has 0 unspecified atom stereocenters. The van der Waals surface area contributed by atoms with Crippen molar-refractivity contribution in [3.05, 3.63) is 21.7 Å². The van der Waals surface area contributed by atoms with Crippen molar-refractivity contribution in [1.82, 2.24) is 19.5 Å². The second-order valence-electron chi connectivity index (χ2n) is 5.04. The lowest BCUT2D eigenvalue weighted by Gasteiger charge is -2.14. The number of anilines is 1. The highest BCUT2D eigenvalue weighted by Gasteiger charge is 2.17.